The van der Waals surface area contributed by atoms with Crippen molar-refractivity contribution < 1.29 is 23.8 Å². The third kappa shape index (κ3) is 5.57. The number of hydrogen-bond donors (Lipinski definition) is 1. The lowest BCUT2D eigenvalue weighted by Gasteiger charge is -2.10. The van der Waals surface area contributed by atoms with Gasteiger partial charge in [-0.2, -0.15) is 0 Å². The normalized spacial score (nSPS) is 10.3. The van der Waals surface area contributed by atoms with Crippen LogP contribution in [0.1, 0.15) is 21.6 Å². The van der Waals surface area contributed by atoms with Gasteiger partial charge in [0, 0.05) is 6.54 Å². The fourth-order valence-electron chi connectivity index (χ4n) is 2.69. The molecule has 1 amide bonds. The van der Waals surface area contributed by atoms with Gasteiger partial charge in [-0.3, -0.25) is 4.79 Å². The van der Waals surface area contributed by atoms with E-state index < -0.39 is 18.5 Å². The van der Waals surface area contributed by atoms with Gasteiger partial charge in [0.1, 0.15) is 0 Å². The highest BCUT2D eigenvalue weighted by Gasteiger charge is 2.14. The second kappa shape index (κ2) is 10.1. The first-order valence-corrected chi connectivity index (χ1v) is 9.18. The van der Waals surface area contributed by atoms with Gasteiger partial charge < -0.3 is 19.5 Å². The van der Waals surface area contributed by atoms with Crippen molar-refractivity contribution >= 4 is 11.9 Å². The van der Waals surface area contributed by atoms with Crippen LogP contribution in [-0.2, 0) is 22.6 Å². The lowest BCUT2D eigenvalue weighted by Crippen LogP contribution is -2.28. The van der Waals surface area contributed by atoms with E-state index in [4.69, 9.17) is 14.2 Å². The standard InChI is InChI=1S/C21H22N4O5/c1-28-18-9-8-16(10-19(18)29-2)11-22-20(26)14-30-21(27)17-13-25(24-23-17)12-15-6-4-3-5-7-15/h3-10,13H,11-12,14H2,1-2H3,(H,22,26). The Morgan fingerprint density at radius 1 is 1.00 bits per heavy atom. The maximum atomic E-state index is 12.1. The maximum Gasteiger partial charge on any atom is 0.361 e. The topological polar surface area (TPSA) is 105 Å². The Morgan fingerprint density at radius 2 is 1.77 bits per heavy atom. The number of hydrogen-bond acceptors (Lipinski definition) is 7. The Labute approximate surface area is 173 Å². The van der Waals surface area contributed by atoms with E-state index in [-0.39, 0.29) is 12.2 Å². The largest absolute Gasteiger partial charge is 0.493 e. The second-order valence-electron chi connectivity index (χ2n) is 6.33. The molecule has 1 heterocycles. The number of methoxy groups -OCH3 is 2. The molecule has 0 aliphatic rings. The van der Waals surface area contributed by atoms with E-state index in [0.717, 1.165) is 11.1 Å². The molecule has 1 aromatic heterocycles. The molecule has 0 spiro atoms. The van der Waals surface area contributed by atoms with E-state index >= 15 is 0 Å². The molecule has 9 heteroatoms. The first-order chi connectivity index (χ1) is 14.6. The first kappa shape index (κ1) is 20.8. The molecule has 2 aromatic carbocycles. The summed E-state index contributed by atoms with van der Waals surface area (Å²) in [4.78, 5) is 24.1. The van der Waals surface area contributed by atoms with E-state index in [0.29, 0.717) is 18.0 Å². The molecule has 0 atom stereocenters. The fourth-order valence-corrected chi connectivity index (χ4v) is 2.69. The molecule has 0 aliphatic carbocycles. The summed E-state index contributed by atoms with van der Waals surface area (Å²) in [6, 6.07) is 15.0. The van der Waals surface area contributed by atoms with Crippen LogP contribution in [0.2, 0.25) is 0 Å². The molecule has 0 saturated heterocycles. The third-order valence-electron chi connectivity index (χ3n) is 4.21. The van der Waals surface area contributed by atoms with E-state index in [1.807, 2.05) is 30.3 Å². The number of ether oxygens (including phenoxy) is 3. The fraction of sp³-hybridized carbons (Fsp3) is 0.238. The molecule has 156 valence electrons. The Bertz CT molecular complexity index is 1000. The summed E-state index contributed by atoms with van der Waals surface area (Å²) in [5.74, 6) is 0.0153. The highest BCUT2D eigenvalue weighted by molar-refractivity contribution is 5.89. The molecular weight excluding hydrogens is 388 g/mol. The van der Waals surface area contributed by atoms with Crippen LogP contribution in [-0.4, -0.2) is 47.7 Å². The Balaban J connectivity index is 1.46. The van der Waals surface area contributed by atoms with Crippen LogP contribution >= 0.6 is 0 Å². The number of carbonyl (C=O) groups is 2. The zero-order valence-electron chi connectivity index (χ0n) is 16.7. The van der Waals surface area contributed by atoms with Crippen molar-refractivity contribution in [3.63, 3.8) is 0 Å². The van der Waals surface area contributed by atoms with Crippen LogP contribution in [0.5, 0.6) is 11.5 Å². The van der Waals surface area contributed by atoms with Gasteiger partial charge in [0.15, 0.2) is 23.8 Å². The number of carbonyl (C=O) groups excluding carboxylic acids is 2. The Kier molecular flexibility index (Phi) is 6.99. The lowest BCUT2D eigenvalue weighted by molar-refractivity contribution is -0.124. The van der Waals surface area contributed by atoms with Crippen molar-refractivity contribution in [2.75, 3.05) is 20.8 Å². The predicted octanol–water partition coefficient (Wildman–Crippen LogP) is 1.82. The molecule has 9 nitrogen and oxygen atoms in total. The van der Waals surface area contributed by atoms with Gasteiger partial charge in [-0.1, -0.05) is 41.6 Å². The quantitative estimate of drug-likeness (QED) is 0.537. The van der Waals surface area contributed by atoms with E-state index in [2.05, 4.69) is 15.6 Å². The summed E-state index contributed by atoms with van der Waals surface area (Å²) in [5, 5.41) is 10.4. The highest BCUT2D eigenvalue weighted by Crippen LogP contribution is 2.27. The molecule has 0 fully saturated rings. The summed E-state index contributed by atoms with van der Waals surface area (Å²) in [6.07, 6.45) is 1.48. The van der Waals surface area contributed by atoms with Crippen LogP contribution in [0.3, 0.4) is 0 Å². The van der Waals surface area contributed by atoms with Crippen LogP contribution in [0.4, 0.5) is 0 Å². The minimum atomic E-state index is -0.712. The number of nitrogens with zero attached hydrogens (tertiary/aromatic N) is 3. The maximum absolute atomic E-state index is 12.1. The van der Waals surface area contributed by atoms with Crippen molar-refractivity contribution in [2.45, 2.75) is 13.1 Å². The van der Waals surface area contributed by atoms with Crippen LogP contribution < -0.4 is 14.8 Å². The van der Waals surface area contributed by atoms with E-state index in [9.17, 15) is 9.59 Å². The molecule has 0 bridgehead atoms. The molecule has 1 N–H and O–H groups in total. The summed E-state index contributed by atoms with van der Waals surface area (Å²) in [5.41, 5.74) is 1.88. The zero-order chi connectivity index (χ0) is 21.3. The first-order valence-electron chi connectivity index (χ1n) is 9.18. The highest BCUT2D eigenvalue weighted by atomic mass is 16.5. The van der Waals surface area contributed by atoms with Gasteiger partial charge in [-0.05, 0) is 23.3 Å². The molecule has 0 saturated carbocycles. The van der Waals surface area contributed by atoms with Crippen LogP contribution in [0.15, 0.2) is 54.7 Å². The summed E-state index contributed by atoms with van der Waals surface area (Å²) in [7, 11) is 3.09. The second-order valence-corrected chi connectivity index (χ2v) is 6.33. The Morgan fingerprint density at radius 3 is 2.50 bits per heavy atom. The van der Waals surface area contributed by atoms with Crippen molar-refractivity contribution in [3.8, 4) is 11.5 Å². The predicted molar refractivity (Wildman–Crippen MR) is 107 cm³/mol. The number of benzene rings is 2. The van der Waals surface area contributed by atoms with Crippen molar-refractivity contribution in [3.05, 3.63) is 71.5 Å². The smallest absolute Gasteiger partial charge is 0.361 e. The van der Waals surface area contributed by atoms with Gasteiger partial charge in [0.25, 0.3) is 5.91 Å². The van der Waals surface area contributed by atoms with Gasteiger partial charge in [-0.15, -0.1) is 5.10 Å². The Hall–Kier alpha value is -3.88. The minimum absolute atomic E-state index is 0.0404. The number of amides is 1. The van der Waals surface area contributed by atoms with Crippen molar-refractivity contribution in [1.29, 1.82) is 0 Å². The van der Waals surface area contributed by atoms with Crippen molar-refractivity contribution in [2.24, 2.45) is 0 Å². The molecular formula is C21H22N4O5. The molecule has 3 aromatic rings. The summed E-state index contributed by atoms with van der Waals surface area (Å²) in [6.45, 7) is 0.314. The molecule has 30 heavy (non-hydrogen) atoms. The number of aromatic nitrogens is 3. The number of esters is 1. The van der Waals surface area contributed by atoms with Gasteiger partial charge in [-0.25, -0.2) is 9.48 Å². The van der Waals surface area contributed by atoms with Crippen LogP contribution in [0.25, 0.3) is 0 Å². The number of nitrogens with one attached hydrogen (secondary N) is 1. The third-order valence-corrected chi connectivity index (χ3v) is 4.21. The minimum Gasteiger partial charge on any atom is -0.493 e. The monoisotopic (exact) mass is 410 g/mol. The van der Waals surface area contributed by atoms with Gasteiger partial charge in [0.2, 0.25) is 0 Å². The van der Waals surface area contributed by atoms with Gasteiger partial charge in [0.05, 0.1) is 27.0 Å². The SMILES string of the molecule is COc1ccc(CNC(=O)COC(=O)c2cn(Cc3ccccc3)nn2)cc1OC. The molecule has 3 rings (SSSR count). The summed E-state index contributed by atoms with van der Waals surface area (Å²) < 4.78 is 16.9. The molecule has 0 unspecified atom stereocenters. The van der Waals surface area contributed by atoms with Gasteiger partial charge >= 0.3 is 5.97 Å². The molecule has 0 aliphatic heterocycles. The molecule has 0 radical (unpaired) electrons. The number of rotatable bonds is 9. The van der Waals surface area contributed by atoms with E-state index in [1.165, 1.54) is 18.0 Å². The average molecular weight is 410 g/mol. The summed E-state index contributed by atoms with van der Waals surface area (Å²) >= 11 is 0. The zero-order valence-corrected chi connectivity index (χ0v) is 16.7. The average Bonchev–Trinajstić information content (AvgIpc) is 3.25. The lowest BCUT2D eigenvalue weighted by atomic mass is 10.2. The van der Waals surface area contributed by atoms with Crippen molar-refractivity contribution in [1.82, 2.24) is 20.3 Å². The van der Waals surface area contributed by atoms with E-state index in [1.54, 1.807) is 25.3 Å². The van der Waals surface area contributed by atoms with Crippen LogP contribution in [0, 0.1) is 0 Å².